The molecule has 7 nitrogen and oxygen atoms in total. The smallest absolute Gasteiger partial charge is 0.338 e. The monoisotopic (exact) mass is 362 g/mol. The Labute approximate surface area is 148 Å². The normalized spacial score (nSPS) is 11.5. The fourth-order valence-corrected chi connectivity index (χ4v) is 2.27. The lowest BCUT2D eigenvalue weighted by Crippen LogP contribution is -2.30. The van der Waals surface area contributed by atoms with Gasteiger partial charge in [0.15, 0.2) is 6.10 Å². The molecule has 0 spiro atoms. The van der Waals surface area contributed by atoms with Crippen molar-refractivity contribution in [1.29, 1.82) is 0 Å². The second-order valence-corrected chi connectivity index (χ2v) is 5.74. The lowest BCUT2D eigenvalue weighted by Gasteiger charge is -2.14. The number of ether oxygens (including phenoxy) is 1. The molecule has 0 heterocycles. The fourth-order valence-electron chi connectivity index (χ4n) is 2.08. The van der Waals surface area contributed by atoms with Crippen molar-refractivity contribution in [3.63, 3.8) is 0 Å². The summed E-state index contributed by atoms with van der Waals surface area (Å²) < 4.78 is 5.10. The third kappa shape index (κ3) is 4.77. The molecule has 0 unspecified atom stereocenters. The van der Waals surface area contributed by atoms with E-state index in [-0.39, 0.29) is 11.3 Å². The topological polar surface area (TPSA) is 98.5 Å². The van der Waals surface area contributed by atoms with Gasteiger partial charge in [-0.15, -0.1) is 0 Å². The summed E-state index contributed by atoms with van der Waals surface area (Å²) in [5, 5.41) is 13.8. The SMILES string of the molecule is Cc1cc(C(=O)O[C@H](C)C(=O)Nc2cccc(Cl)c2)ccc1[N+](=O)[O-]. The first-order valence-electron chi connectivity index (χ1n) is 7.30. The van der Waals surface area contributed by atoms with Crippen LogP contribution in [0.1, 0.15) is 22.8 Å². The average molecular weight is 363 g/mol. The Hall–Kier alpha value is -2.93. The predicted molar refractivity (Wildman–Crippen MR) is 92.8 cm³/mol. The maximum Gasteiger partial charge on any atom is 0.338 e. The van der Waals surface area contributed by atoms with Crippen LogP contribution in [0.2, 0.25) is 5.02 Å². The van der Waals surface area contributed by atoms with E-state index >= 15 is 0 Å². The molecule has 0 aliphatic carbocycles. The number of anilines is 1. The number of hydrogen-bond donors (Lipinski definition) is 1. The summed E-state index contributed by atoms with van der Waals surface area (Å²) in [6, 6.07) is 10.4. The number of hydrogen-bond acceptors (Lipinski definition) is 5. The number of carbonyl (C=O) groups excluding carboxylic acids is 2. The molecule has 0 saturated carbocycles. The molecule has 2 rings (SSSR count). The van der Waals surface area contributed by atoms with Crippen LogP contribution in [0.4, 0.5) is 11.4 Å². The zero-order valence-corrected chi connectivity index (χ0v) is 14.2. The van der Waals surface area contributed by atoms with Crippen LogP contribution >= 0.6 is 11.6 Å². The second-order valence-electron chi connectivity index (χ2n) is 5.31. The Morgan fingerprint density at radius 2 is 1.96 bits per heavy atom. The Morgan fingerprint density at radius 3 is 2.56 bits per heavy atom. The molecule has 0 aliphatic rings. The average Bonchev–Trinajstić information content (AvgIpc) is 2.54. The van der Waals surface area contributed by atoms with Gasteiger partial charge in [0, 0.05) is 22.3 Å². The van der Waals surface area contributed by atoms with Crippen LogP contribution in [0.15, 0.2) is 42.5 Å². The van der Waals surface area contributed by atoms with E-state index in [2.05, 4.69) is 5.32 Å². The molecule has 130 valence electrons. The van der Waals surface area contributed by atoms with Gasteiger partial charge in [-0.1, -0.05) is 17.7 Å². The third-order valence-corrected chi connectivity index (χ3v) is 3.61. The minimum absolute atomic E-state index is 0.0942. The van der Waals surface area contributed by atoms with Crippen LogP contribution in [-0.2, 0) is 9.53 Å². The van der Waals surface area contributed by atoms with Gasteiger partial charge in [-0.2, -0.15) is 0 Å². The highest BCUT2D eigenvalue weighted by atomic mass is 35.5. The summed E-state index contributed by atoms with van der Waals surface area (Å²) >= 11 is 5.84. The molecule has 1 amide bonds. The van der Waals surface area contributed by atoms with Crippen molar-refractivity contribution in [2.24, 2.45) is 0 Å². The summed E-state index contributed by atoms with van der Waals surface area (Å²) in [5.41, 5.74) is 0.843. The first-order valence-corrected chi connectivity index (χ1v) is 7.68. The van der Waals surface area contributed by atoms with E-state index in [1.54, 1.807) is 24.3 Å². The second kappa shape index (κ2) is 7.76. The molecule has 0 fully saturated rings. The Balaban J connectivity index is 2.03. The number of nitro benzene ring substituents is 1. The van der Waals surface area contributed by atoms with Crippen molar-refractivity contribution >= 4 is 34.9 Å². The minimum atomic E-state index is -1.05. The zero-order valence-electron chi connectivity index (χ0n) is 13.5. The standard InChI is InChI=1S/C17H15ClN2O5/c1-10-8-12(6-7-15(10)20(23)24)17(22)25-11(2)16(21)19-14-5-3-4-13(18)9-14/h3-9,11H,1-2H3,(H,19,21)/t11-/m1/s1. The third-order valence-electron chi connectivity index (χ3n) is 3.37. The summed E-state index contributed by atoms with van der Waals surface area (Å²) in [5.74, 6) is -1.26. The zero-order chi connectivity index (χ0) is 18.6. The van der Waals surface area contributed by atoms with Gasteiger partial charge in [0.25, 0.3) is 11.6 Å². The van der Waals surface area contributed by atoms with Crippen molar-refractivity contribution in [3.8, 4) is 0 Å². The van der Waals surface area contributed by atoms with Crippen LogP contribution in [0.3, 0.4) is 0 Å². The molecule has 1 N–H and O–H groups in total. The number of halogens is 1. The van der Waals surface area contributed by atoms with Gasteiger partial charge < -0.3 is 10.1 Å². The lowest BCUT2D eigenvalue weighted by atomic mass is 10.1. The highest BCUT2D eigenvalue weighted by Gasteiger charge is 2.21. The number of nitrogens with zero attached hydrogens (tertiary/aromatic N) is 1. The van der Waals surface area contributed by atoms with Crippen molar-refractivity contribution in [1.82, 2.24) is 0 Å². The quantitative estimate of drug-likeness (QED) is 0.496. The van der Waals surface area contributed by atoms with E-state index in [1.165, 1.54) is 32.0 Å². The van der Waals surface area contributed by atoms with E-state index in [0.717, 1.165) is 0 Å². The Kier molecular flexibility index (Phi) is 5.71. The molecule has 2 aromatic rings. The van der Waals surface area contributed by atoms with Crippen molar-refractivity contribution in [3.05, 3.63) is 68.7 Å². The van der Waals surface area contributed by atoms with Crippen molar-refractivity contribution in [2.75, 3.05) is 5.32 Å². The van der Waals surface area contributed by atoms with Crippen LogP contribution in [0.5, 0.6) is 0 Å². The Morgan fingerprint density at radius 1 is 1.24 bits per heavy atom. The van der Waals surface area contributed by atoms with E-state index in [0.29, 0.717) is 16.3 Å². The van der Waals surface area contributed by atoms with Gasteiger partial charge in [0.2, 0.25) is 0 Å². The Bertz CT molecular complexity index is 838. The van der Waals surface area contributed by atoms with E-state index in [1.807, 2.05) is 0 Å². The molecule has 0 saturated heterocycles. The van der Waals surface area contributed by atoms with Crippen LogP contribution in [0, 0.1) is 17.0 Å². The summed E-state index contributed by atoms with van der Waals surface area (Å²) in [6.45, 7) is 2.94. The number of rotatable bonds is 5. The summed E-state index contributed by atoms with van der Waals surface area (Å²) in [6.07, 6.45) is -1.05. The number of esters is 1. The van der Waals surface area contributed by atoms with Gasteiger partial charge in [0.1, 0.15) is 0 Å². The maximum absolute atomic E-state index is 12.1. The molecular weight excluding hydrogens is 348 g/mol. The first kappa shape index (κ1) is 18.4. The fraction of sp³-hybridized carbons (Fsp3) is 0.176. The van der Waals surface area contributed by atoms with Gasteiger partial charge in [-0.3, -0.25) is 14.9 Å². The first-order chi connectivity index (χ1) is 11.8. The van der Waals surface area contributed by atoms with Gasteiger partial charge >= 0.3 is 5.97 Å². The summed E-state index contributed by atoms with van der Waals surface area (Å²) in [4.78, 5) is 34.4. The molecular formula is C17H15ClN2O5. The van der Waals surface area contributed by atoms with Gasteiger partial charge in [0.05, 0.1) is 10.5 Å². The van der Waals surface area contributed by atoms with Crippen LogP contribution in [0.25, 0.3) is 0 Å². The van der Waals surface area contributed by atoms with Crippen LogP contribution in [-0.4, -0.2) is 22.9 Å². The highest BCUT2D eigenvalue weighted by Crippen LogP contribution is 2.20. The minimum Gasteiger partial charge on any atom is -0.449 e. The molecule has 1 atom stereocenters. The number of nitro groups is 1. The predicted octanol–water partition coefficient (Wildman–Crippen LogP) is 3.74. The molecule has 8 heteroatoms. The molecule has 0 aliphatic heterocycles. The number of amides is 1. The van der Waals surface area contributed by atoms with Crippen molar-refractivity contribution < 1.29 is 19.2 Å². The van der Waals surface area contributed by atoms with E-state index in [4.69, 9.17) is 16.3 Å². The number of carbonyl (C=O) groups is 2. The van der Waals surface area contributed by atoms with Crippen LogP contribution < -0.4 is 5.32 Å². The molecule has 0 radical (unpaired) electrons. The maximum atomic E-state index is 12.1. The van der Waals surface area contributed by atoms with Crippen molar-refractivity contribution in [2.45, 2.75) is 20.0 Å². The van der Waals surface area contributed by atoms with Gasteiger partial charge in [-0.05, 0) is 44.2 Å². The lowest BCUT2D eigenvalue weighted by molar-refractivity contribution is -0.385. The van der Waals surface area contributed by atoms with Gasteiger partial charge in [-0.25, -0.2) is 4.79 Å². The number of benzene rings is 2. The number of aryl methyl sites for hydroxylation is 1. The highest BCUT2D eigenvalue weighted by molar-refractivity contribution is 6.30. The summed E-state index contributed by atoms with van der Waals surface area (Å²) in [7, 11) is 0. The number of nitrogens with one attached hydrogen (secondary N) is 1. The largest absolute Gasteiger partial charge is 0.449 e. The molecule has 25 heavy (non-hydrogen) atoms. The molecule has 2 aromatic carbocycles. The van der Waals surface area contributed by atoms with E-state index < -0.39 is 22.9 Å². The molecule has 0 aromatic heterocycles. The van der Waals surface area contributed by atoms with E-state index in [9.17, 15) is 19.7 Å². The molecule has 0 bridgehead atoms.